The van der Waals surface area contributed by atoms with Crippen LogP contribution in [0.3, 0.4) is 0 Å². The van der Waals surface area contributed by atoms with Gasteiger partial charge in [0.05, 0.1) is 27.3 Å². The number of carbonyl (C=O) groups excluding carboxylic acids is 1. The van der Waals surface area contributed by atoms with Crippen LogP contribution in [0.1, 0.15) is 23.2 Å². The Bertz CT molecular complexity index is 1080. The summed E-state index contributed by atoms with van der Waals surface area (Å²) in [7, 11) is 0. The number of anilines is 2. The molecule has 1 aliphatic heterocycles. The lowest BCUT2D eigenvalue weighted by molar-refractivity contribution is -0.384. The number of fused-ring (bicyclic) bond motifs is 1. The van der Waals surface area contributed by atoms with Crippen LogP contribution in [0.5, 0.6) is 0 Å². The van der Waals surface area contributed by atoms with Crippen LogP contribution in [0.4, 0.5) is 17.1 Å². The lowest BCUT2D eigenvalue weighted by atomic mass is 10.1. The van der Waals surface area contributed by atoms with Crippen molar-refractivity contribution in [2.45, 2.75) is 12.8 Å². The fraction of sp³-hybridized carbons (Fsp3) is 0.222. The van der Waals surface area contributed by atoms with Crippen LogP contribution < -0.4 is 15.9 Å². The Kier molecular flexibility index (Phi) is 4.11. The van der Waals surface area contributed by atoms with Crippen LogP contribution in [-0.4, -0.2) is 33.9 Å². The van der Waals surface area contributed by atoms with Crippen molar-refractivity contribution in [1.82, 2.24) is 9.97 Å². The molecule has 0 spiro atoms. The minimum Gasteiger partial charge on any atom is -0.370 e. The molecule has 2 heterocycles. The number of rotatable bonds is 4. The van der Waals surface area contributed by atoms with Gasteiger partial charge in [0, 0.05) is 30.8 Å². The highest BCUT2D eigenvalue weighted by atomic mass is 16.6. The van der Waals surface area contributed by atoms with Gasteiger partial charge in [0.2, 0.25) is 0 Å². The van der Waals surface area contributed by atoms with E-state index in [1.165, 1.54) is 24.3 Å². The highest BCUT2D eigenvalue weighted by molar-refractivity contribution is 6.07. The number of hydrogen-bond donors (Lipinski definition) is 3. The number of nitro groups is 1. The fourth-order valence-electron chi connectivity index (χ4n) is 3.32. The summed E-state index contributed by atoms with van der Waals surface area (Å²) in [6, 6.07) is 9.00. The molecule has 0 bridgehead atoms. The monoisotopic (exact) mass is 367 g/mol. The molecule has 0 atom stereocenters. The Morgan fingerprint density at radius 1 is 1.07 bits per heavy atom. The van der Waals surface area contributed by atoms with E-state index in [2.05, 4.69) is 20.2 Å². The maximum atomic E-state index is 12.6. The molecule has 1 amide bonds. The first-order valence-corrected chi connectivity index (χ1v) is 8.58. The van der Waals surface area contributed by atoms with Gasteiger partial charge in [0.25, 0.3) is 11.6 Å². The van der Waals surface area contributed by atoms with E-state index < -0.39 is 4.92 Å². The number of benzene rings is 2. The van der Waals surface area contributed by atoms with Crippen molar-refractivity contribution in [2.24, 2.45) is 0 Å². The standard InChI is InChI=1S/C18H17N5O4/c24-17(11-3-5-12(6-4-11)23(26)27)19-15-9-13-14(21-18(25)20-13)10-16(15)22-7-1-2-8-22/h3-6,9-10H,1-2,7-8H2,(H,19,24)(H2,20,21,25). The van der Waals surface area contributed by atoms with Crippen molar-refractivity contribution < 1.29 is 9.72 Å². The molecule has 0 radical (unpaired) electrons. The van der Waals surface area contributed by atoms with E-state index >= 15 is 0 Å². The zero-order valence-corrected chi connectivity index (χ0v) is 14.3. The predicted octanol–water partition coefficient (Wildman–Crippen LogP) is 2.62. The second kappa shape index (κ2) is 6.60. The van der Waals surface area contributed by atoms with E-state index in [9.17, 15) is 19.7 Å². The van der Waals surface area contributed by atoms with Crippen LogP contribution in [0.25, 0.3) is 11.0 Å². The molecular formula is C18H17N5O4. The lowest BCUT2D eigenvalue weighted by Crippen LogP contribution is -2.21. The van der Waals surface area contributed by atoms with Crippen LogP contribution in [-0.2, 0) is 0 Å². The SMILES string of the molecule is O=C(Nc1cc2[nH]c(=O)[nH]c2cc1N1CCCC1)c1ccc([N+](=O)[O-])cc1. The molecule has 1 fully saturated rings. The van der Waals surface area contributed by atoms with Crippen molar-refractivity contribution in [2.75, 3.05) is 23.3 Å². The zero-order valence-electron chi connectivity index (χ0n) is 14.3. The fourth-order valence-corrected chi connectivity index (χ4v) is 3.32. The van der Waals surface area contributed by atoms with Gasteiger partial charge in [-0.3, -0.25) is 14.9 Å². The Hall–Kier alpha value is -3.62. The Labute approximate surface area is 153 Å². The molecule has 3 N–H and O–H groups in total. The maximum Gasteiger partial charge on any atom is 0.323 e. The van der Waals surface area contributed by atoms with Crippen LogP contribution in [0.2, 0.25) is 0 Å². The number of aromatic nitrogens is 2. The third-order valence-electron chi connectivity index (χ3n) is 4.67. The smallest absolute Gasteiger partial charge is 0.323 e. The molecule has 0 saturated carbocycles. The number of nitrogens with one attached hydrogen (secondary N) is 3. The predicted molar refractivity (Wildman–Crippen MR) is 101 cm³/mol. The average Bonchev–Trinajstić information content (AvgIpc) is 3.29. The molecular weight excluding hydrogens is 350 g/mol. The van der Waals surface area contributed by atoms with Crippen LogP contribution >= 0.6 is 0 Å². The van der Waals surface area contributed by atoms with Gasteiger partial charge in [0.15, 0.2) is 0 Å². The number of hydrogen-bond acceptors (Lipinski definition) is 5. The minimum atomic E-state index is -0.511. The number of carbonyl (C=O) groups is 1. The van der Waals surface area contributed by atoms with Gasteiger partial charge in [-0.15, -0.1) is 0 Å². The molecule has 9 heteroatoms. The minimum absolute atomic E-state index is 0.0735. The maximum absolute atomic E-state index is 12.6. The quantitative estimate of drug-likeness (QED) is 0.483. The molecule has 27 heavy (non-hydrogen) atoms. The van der Waals surface area contributed by atoms with E-state index in [4.69, 9.17) is 0 Å². The van der Waals surface area contributed by atoms with Crippen molar-refractivity contribution in [3.63, 3.8) is 0 Å². The van der Waals surface area contributed by atoms with E-state index in [0.29, 0.717) is 22.3 Å². The summed E-state index contributed by atoms with van der Waals surface area (Å²) in [6.07, 6.45) is 2.13. The van der Waals surface area contributed by atoms with Crippen molar-refractivity contribution in [1.29, 1.82) is 0 Å². The Morgan fingerprint density at radius 3 is 2.33 bits per heavy atom. The van der Waals surface area contributed by atoms with E-state index in [0.717, 1.165) is 31.6 Å². The first kappa shape index (κ1) is 16.8. The first-order chi connectivity index (χ1) is 13.0. The summed E-state index contributed by atoms with van der Waals surface area (Å²) >= 11 is 0. The third kappa shape index (κ3) is 3.26. The highest BCUT2D eigenvalue weighted by Gasteiger charge is 2.19. The first-order valence-electron chi connectivity index (χ1n) is 8.58. The number of imidazole rings is 1. The van der Waals surface area contributed by atoms with Gasteiger partial charge in [-0.25, -0.2) is 4.79 Å². The molecule has 4 rings (SSSR count). The van der Waals surface area contributed by atoms with Gasteiger partial charge in [0.1, 0.15) is 0 Å². The molecule has 138 valence electrons. The number of non-ortho nitro benzene ring substituents is 1. The molecule has 2 aromatic carbocycles. The molecule has 3 aromatic rings. The summed E-state index contributed by atoms with van der Waals surface area (Å²) in [5.74, 6) is -0.373. The van der Waals surface area contributed by atoms with E-state index in [1.54, 1.807) is 6.07 Å². The van der Waals surface area contributed by atoms with Gasteiger partial charge >= 0.3 is 5.69 Å². The lowest BCUT2D eigenvalue weighted by Gasteiger charge is -2.22. The molecule has 1 aromatic heterocycles. The number of nitro benzene ring substituents is 1. The van der Waals surface area contributed by atoms with Crippen molar-refractivity contribution >= 4 is 34.0 Å². The second-order valence-electron chi connectivity index (χ2n) is 6.45. The second-order valence-corrected chi connectivity index (χ2v) is 6.45. The third-order valence-corrected chi connectivity index (χ3v) is 4.67. The molecule has 1 saturated heterocycles. The summed E-state index contributed by atoms with van der Waals surface area (Å²) in [5.41, 5.74) is 2.63. The highest BCUT2D eigenvalue weighted by Crippen LogP contribution is 2.32. The summed E-state index contributed by atoms with van der Waals surface area (Å²) in [6.45, 7) is 1.75. The molecule has 0 aliphatic carbocycles. The van der Waals surface area contributed by atoms with Gasteiger partial charge in [-0.1, -0.05) is 0 Å². The number of nitrogens with zero attached hydrogens (tertiary/aromatic N) is 2. The number of H-pyrrole nitrogens is 2. The summed E-state index contributed by atoms with van der Waals surface area (Å²) in [4.78, 5) is 42.1. The number of amides is 1. The summed E-state index contributed by atoms with van der Waals surface area (Å²) < 4.78 is 0. The van der Waals surface area contributed by atoms with Crippen molar-refractivity contribution in [3.8, 4) is 0 Å². The van der Waals surface area contributed by atoms with Crippen LogP contribution in [0, 0.1) is 10.1 Å². The Morgan fingerprint density at radius 2 is 1.70 bits per heavy atom. The molecule has 9 nitrogen and oxygen atoms in total. The topological polar surface area (TPSA) is 124 Å². The average molecular weight is 367 g/mol. The molecule has 0 unspecified atom stereocenters. The number of aromatic amines is 2. The van der Waals surface area contributed by atoms with E-state index in [-0.39, 0.29) is 17.3 Å². The molecule has 1 aliphatic rings. The van der Waals surface area contributed by atoms with Gasteiger partial charge in [-0.2, -0.15) is 0 Å². The van der Waals surface area contributed by atoms with E-state index in [1.807, 2.05) is 6.07 Å². The Balaban J connectivity index is 1.68. The van der Waals surface area contributed by atoms with Gasteiger partial charge in [-0.05, 0) is 37.1 Å². The van der Waals surface area contributed by atoms with Crippen molar-refractivity contribution in [3.05, 3.63) is 62.6 Å². The van der Waals surface area contributed by atoms with Gasteiger partial charge < -0.3 is 20.2 Å². The summed E-state index contributed by atoms with van der Waals surface area (Å²) in [5, 5.41) is 13.6. The zero-order chi connectivity index (χ0) is 19.0. The normalized spacial score (nSPS) is 13.9. The van der Waals surface area contributed by atoms with Crippen LogP contribution in [0.15, 0.2) is 41.2 Å². The largest absolute Gasteiger partial charge is 0.370 e.